The lowest BCUT2D eigenvalue weighted by molar-refractivity contribution is 0.770. The molecule has 1 aliphatic rings. The molecule has 0 saturated carbocycles. The van der Waals surface area contributed by atoms with E-state index in [1.165, 1.54) is 4.68 Å². The van der Waals surface area contributed by atoms with E-state index in [1.54, 1.807) is 19.2 Å². The van der Waals surface area contributed by atoms with E-state index in [0.29, 0.717) is 16.7 Å². The molecule has 0 bridgehead atoms. The van der Waals surface area contributed by atoms with Crippen molar-refractivity contribution in [2.24, 2.45) is 5.10 Å². The van der Waals surface area contributed by atoms with Crippen LogP contribution in [0.1, 0.15) is 29.9 Å². The molecule has 1 fully saturated rings. The summed E-state index contributed by atoms with van der Waals surface area (Å²) in [6.45, 7) is 5.74. The topological polar surface area (TPSA) is 68.3 Å². The van der Waals surface area contributed by atoms with Crippen molar-refractivity contribution in [1.29, 1.82) is 0 Å². The minimum absolute atomic E-state index is 0.171. The van der Waals surface area contributed by atoms with Gasteiger partial charge in [0.25, 0.3) is 5.56 Å². The molecule has 156 valence electrons. The van der Waals surface area contributed by atoms with Gasteiger partial charge in [0, 0.05) is 13.1 Å². The Kier molecular flexibility index (Phi) is 4.86. The van der Waals surface area contributed by atoms with Gasteiger partial charge in [-0.2, -0.15) is 14.9 Å². The van der Waals surface area contributed by atoms with Crippen molar-refractivity contribution >= 4 is 22.9 Å². The predicted molar refractivity (Wildman–Crippen MR) is 123 cm³/mol. The first-order valence-corrected chi connectivity index (χ1v) is 10.6. The van der Waals surface area contributed by atoms with Crippen LogP contribution in [0.5, 0.6) is 0 Å². The third kappa shape index (κ3) is 3.42. The second kappa shape index (κ2) is 7.83. The van der Waals surface area contributed by atoms with Crippen molar-refractivity contribution in [1.82, 2.24) is 19.4 Å². The largest absolute Gasteiger partial charge is 0.356 e. The van der Waals surface area contributed by atoms with Crippen LogP contribution in [-0.2, 0) is 0 Å². The first-order valence-electron chi connectivity index (χ1n) is 10.6. The third-order valence-electron chi connectivity index (χ3n) is 5.71. The van der Waals surface area contributed by atoms with Crippen molar-refractivity contribution in [3.63, 3.8) is 0 Å². The zero-order chi connectivity index (χ0) is 21.4. The van der Waals surface area contributed by atoms with E-state index in [4.69, 9.17) is 5.10 Å². The highest BCUT2D eigenvalue weighted by Crippen LogP contribution is 2.29. The van der Waals surface area contributed by atoms with Crippen LogP contribution in [0.25, 0.3) is 16.6 Å². The normalized spacial score (nSPS) is 14.2. The van der Waals surface area contributed by atoms with E-state index in [1.807, 2.05) is 48.0 Å². The van der Waals surface area contributed by atoms with Crippen LogP contribution >= 0.6 is 0 Å². The lowest BCUT2D eigenvalue weighted by Gasteiger charge is -2.20. The summed E-state index contributed by atoms with van der Waals surface area (Å²) in [6.07, 6.45) is 4.06. The molecule has 7 heteroatoms. The zero-order valence-electron chi connectivity index (χ0n) is 17.7. The van der Waals surface area contributed by atoms with E-state index in [9.17, 15) is 4.79 Å². The highest BCUT2D eigenvalue weighted by molar-refractivity contribution is 5.89. The molecular weight excluding hydrogens is 388 g/mol. The highest BCUT2D eigenvalue weighted by atomic mass is 16.1. The minimum atomic E-state index is -0.171. The molecule has 7 nitrogen and oxygen atoms in total. The molecule has 0 atom stereocenters. The van der Waals surface area contributed by atoms with Gasteiger partial charge in [0.05, 0.1) is 34.1 Å². The van der Waals surface area contributed by atoms with Crippen LogP contribution < -0.4 is 10.5 Å². The number of rotatable bonds is 4. The Balaban J connectivity index is 1.65. The van der Waals surface area contributed by atoms with Gasteiger partial charge in [-0.25, -0.2) is 9.67 Å². The van der Waals surface area contributed by atoms with E-state index < -0.39 is 0 Å². The van der Waals surface area contributed by atoms with Crippen LogP contribution in [0.15, 0.2) is 64.5 Å². The summed E-state index contributed by atoms with van der Waals surface area (Å²) in [5.74, 6) is 1.57. The second-order valence-corrected chi connectivity index (χ2v) is 7.80. The fraction of sp³-hybridized carbons (Fsp3) is 0.250. The van der Waals surface area contributed by atoms with Gasteiger partial charge in [-0.15, -0.1) is 0 Å². The number of nitrogens with zero attached hydrogens (tertiary/aromatic N) is 6. The van der Waals surface area contributed by atoms with Crippen LogP contribution in [0, 0.1) is 13.8 Å². The summed E-state index contributed by atoms with van der Waals surface area (Å²) >= 11 is 0. The summed E-state index contributed by atoms with van der Waals surface area (Å²) < 4.78 is 3.35. The molecule has 2 aromatic heterocycles. The van der Waals surface area contributed by atoms with Crippen molar-refractivity contribution in [2.75, 3.05) is 18.0 Å². The molecule has 0 N–H and O–H groups in total. The van der Waals surface area contributed by atoms with Crippen molar-refractivity contribution in [3.05, 3.63) is 82.0 Å². The van der Waals surface area contributed by atoms with Gasteiger partial charge < -0.3 is 4.90 Å². The third-order valence-corrected chi connectivity index (χ3v) is 5.71. The fourth-order valence-electron chi connectivity index (χ4n) is 4.15. The van der Waals surface area contributed by atoms with E-state index in [-0.39, 0.29) is 5.56 Å². The molecular formula is C24H24N6O. The number of fused-ring (bicyclic) bond motifs is 1. The molecule has 4 aromatic rings. The quantitative estimate of drug-likeness (QED) is 0.480. The minimum Gasteiger partial charge on any atom is -0.356 e. The van der Waals surface area contributed by atoms with E-state index in [0.717, 1.165) is 48.7 Å². The highest BCUT2D eigenvalue weighted by Gasteiger charge is 2.23. The SMILES string of the molecule is Cc1nn(-c2ccccc2)c(N2CCCC2)c1/C=N\n1c(C)nc2ccccc2c1=O. The molecule has 1 saturated heterocycles. The summed E-state index contributed by atoms with van der Waals surface area (Å²) in [5.41, 5.74) is 3.31. The molecule has 1 aliphatic heterocycles. The number of aryl methyl sites for hydroxylation is 2. The van der Waals surface area contributed by atoms with Crippen molar-refractivity contribution < 1.29 is 0 Å². The van der Waals surface area contributed by atoms with Crippen LogP contribution in [0.2, 0.25) is 0 Å². The monoisotopic (exact) mass is 412 g/mol. The maximum absolute atomic E-state index is 13.0. The smallest absolute Gasteiger partial charge is 0.282 e. The Labute approximate surface area is 180 Å². The van der Waals surface area contributed by atoms with Crippen molar-refractivity contribution in [2.45, 2.75) is 26.7 Å². The lowest BCUT2D eigenvalue weighted by atomic mass is 10.2. The Morgan fingerprint density at radius 3 is 2.45 bits per heavy atom. The number of aromatic nitrogens is 4. The van der Waals surface area contributed by atoms with Crippen LogP contribution in [-0.4, -0.2) is 38.7 Å². The molecule has 31 heavy (non-hydrogen) atoms. The van der Waals surface area contributed by atoms with Crippen LogP contribution in [0.3, 0.4) is 0 Å². The first-order chi connectivity index (χ1) is 15.1. The number of para-hydroxylation sites is 2. The Hall–Kier alpha value is -3.74. The lowest BCUT2D eigenvalue weighted by Crippen LogP contribution is -2.23. The first kappa shape index (κ1) is 19.2. The number of anilines is 1. The molecule has 2 aromatic carbocycles. The molecule has 0 aliphatic carbocycles. The zero-order valence-corrected chi connectivity index (χ0v) is 17.7. The van der Waals surface area contributed by atoms with Gasteiger partial charge in [0.15, 0.2) is 0 Å². The number of hydrogen-bond acceptors (Lipinski definition) is 5. The molecule has 0 spiro atoms. The molecule has 0 radical (unpaired) electrons. The van der Waals surface area contributed by atoms with Gasteiger partial charge in [0.2, 0.25) is 0 Å². The second-order valence-electron chi connectivity index (χ2n) is 7.80. The molecule has 3 heterocycles. The fourth-order valence-corrected chi connectivity index (χ4v) is 4.15. The van der Waals surface area contributed by atoms with Gasteiger partial charge in [-0.05, 0) is 51.0 Å². The average molecular weight is 412 g/mol. The van der Waals surface area contributed by atoms with E-state index in [2.05, 4.69) is 27.1 Å². The van der Waals surface area contributed by atoms with Gasteiger partial charge >= 0.3 is 0 Å². The summed E-state index contributed by atoms with van der Waals surface area (Å²) in [6, 6.07) is 17.5. The van der Waals surface area contributed by atoms with Crippen LogP contribution in [0.4, 0.5) is 5.82 Å². The van der Waals surface area contributed by atoms with Gasteiger partial charge in [-0.3, -0.25) is 4.79 Å². The Morgan fingerprint density at radius 1 is 0.968 bits per heavy atom. The molecule has 0 amide bonds. The predicted octanol–water partition coefficient (Wildman–Crippen LogP) is 3.68. The summed E-state index contributed by atoms with van der Waals surface area (Å²) in [7, 11) is 0. The summed E-state index contributed by atoms with van der Waals surface area (Å²) in [4.78, 5) is 19.9. The maximum atomic E-state index is 13.0. The summed E-state index contributed by atoms with van der Waals surface area (Å²) in [5, 5.41) is 9.93. The molecule has 5 rings (SSSR count). The van der Waals surface area contributed by atoms with Gasteiger partial charge in [0.1, 0.15) is 11.6 Å². The van der Waals surface area contributed by atoms with E-state index >= 15 is 0 Å². The van der Waals surface area contributed by atoms with Gasteiger partial charge in [-0.1, -0.05) is 30.3 Å². The Morgan fingerprint density at radius 2 is 1.68 bits per heavy atom. The maximum Gasteiger partial charge on any atom is 0.282 e. The average Bonchev–Trinajstić information content (AvgIpc) is 3.42. The van der Waals surface area contributed by atoms with Crippen molar-refractivity contribution in [3.8, 4) is 5.69 Å². The Bertz CT molecular complexity index is 1330. The number of hydrogen-bond donors (Lipinski definition) is 0. The standard InChI is InChI=1S/C24H24N6O/c1-17-21(16-25-29-18(2)26-22-13-7-6-12-20(22)24(29)31)23(28-14-8-9-15-28)30(27-17)19-10-4-3-5-11-19/h3-7,10-13,16H,8-9,14-15H2,1-2H3/b25-16-. The number of benzene rings is 2. The molecule has 0 unspecified atom stereocenters.